The van der Waals surface area contributed by atoms with Crippen LogP contribution in [0.25, 0.3) is 0 Å². The number of hydrogen-bond acceptors (Lipinski definition) is 3. The molecule has 0 aliphatic rings. The van der Waals surface area contributed by atoms with Gasteiger partial charge in [0, 0.05) is 0 Å². The van der Waals surface area contributed by atoms with Crippen LogP contribution in [0.1, 0.15) is 80.2 Å². The molecule has 0 radical (unpaired) electrons. The molecule has 0 saturated heterocycles. The molecule has 1 aromatic carbocycles. The lowest BCUT2D eigenvalue weighted by Gasteiger charge is -2.42. The standard InChI is InChI=1S/C28H50O4Si/c1-20(2)25(31-19-24-14-12-11-13-15-24)18-26(32-33(9,10)28(6,7)8)22(4)16-21(3)17-23(5)27(29)30/h11-15,20-23,25-26H,16-19H2,1-10H3,(H,29,30)/t21-,22+,23-,25-,26-/m0/s1. The Labute approximate surface area is 204 Å². The van der Waals surface area contributed by atoms with E-state index in [1.165, 1.54) is 5.56 Å². The van der Waals surface area contributed by atoms with Gasteiger partial charge in [-0.15, -0.1) is 0 Å². The molecule has 0 fully saturated rings. The fraction of sp³-hybridized carbons (Fsp3) is 0.750. The monoisotopic (exact) mass is 478 g/mol. The molecule has 0 heterocycles. The van der Waals surface area contributed by atoms with E-state index >= 15 is 0 Å². The summed E-state index contributed by atoms with van der Waals surface area (Å²) in [5.74, 6) is 0.0225. The molecule has 0 saturated carbocycles. The Balaban J connectivity index is 2.99. The third-order valence-electron chi connectivity index (χ3n) is 7.35. The SMILES string of the molecule is CC(C)[C@H](C[C@H](O[Si](C)(C)C(C)(C)C)[C@H](C)C[C@H](C)C[C@H](C)C(=O)O)OCc1ccccc1. The van der Waals surface area contributed by atoms with Crippen LogP contribution in [0, 0.1) is 23.7 Å². The summed E-state index contributed by atoms with van der Waals surface area (Å²) in [7, 11) is -1.97. The Morgan fingerprint density at radius 3 is 2.00 bits per heavy atom. The predicted molar refractivity (Wildman–Crippen MR) is 141 cm³/mol. The van der Waals surface area contributed by atoms with Crippen LogP contribution in [-0.4, -0.2) is 31.6 Å². The van der Waals surface area contributed by atoms with Gasteiger partial charge in [-0.3, -0.25) is 4.79 Å². The minimum absolute atomic E-state index is 0.0941. The zero-order chi connectivity index (χ0) is 25.4. The number of hydrogen-bond donors (Lipinski definition) is 1. The summed E-state index contributed by atoms with van der Waals surface area (Å²) in [6.07, 6.45) is 2.72. The Morgan fingerprint density at radius 2 is 1.52 bits per heavy atom. The zero-order valence-electron chi connectivity index (χ0n) is 22.9. The number of ether oxygens (including phenoxy) is 1. The summed E-state index contributed by atoms with van der Waals surface area (Å²) in [5.41, 5.74) is 1.19. The van der Waals surface area contributed by atoms with Gasteiger partial charge in [0.2, 0.25) is 0 Å². The first-order valence-corrected chi connectivity index (χ1v) is 15.6. The second-order valence-electron chi connectivity index (χ2n) is 12.0. The van der Waals surface area contributed by atoms with Gasteiger partial charge in [0.05, 0.1) is 24.7 Å². The van der Waals surface area contributed by atoms with E-state index in [9.17, 15) is 9.90 Å². The lowest BCUT2D eigenvalue weighted by Crippen LogP contribution is -2.47. The zero-order valence-corrected chi connectivity index (χ0v) is 23.9. The average molecular weight is 479 g/mol. The molecular weight excluding hydrogens is 428 g/mol. The molecule has 4 nitrogen and oxygen atoms in total. The second kappa shape index (κ2) is 13.1. The van der Waals surface area contributed by atoms with Crippen molar-refractivity contribution in [2.24, 2.45) is 23.7 Å². The largest absolute Gasteiger partial charge is 0.481 e. The van der Waals surface area contributed by atoms with Crippen LogP contribution in [-0.2, 0) is 20.6 Å². The first-order valence-electron chi connectivity index (χ1n) is 12.7. The normalized spacial score (nSPS) is 17.4. The van der Waals surface area contributed by atoms with Crippen LogP contribution in [0.5, 0.6) is 0 Å². The number of carboxylic acids is 1. The minimum atomic E-state index is -1.97. The van der Waals surface area contributed by atoms with E-state index < -0.39 is 14.3 Å². The summed E-state index contributed by atoms with van der Waals surface area (Å²) >= 11 is 0. The molecule has 1 N–H and O–H groups in total. The number of carbonyl (C=O) groups is 1. The third kappa shape index (κ3) is 10.3. The number of benzene rings is 1. The molecule has 190 valence electrons. The molecule has 0 aliphatic carbocycles. The number of aliphatic carboxylic acids is 1. The summed E-state index contributed by atoms with van der Waals surface area (Å²) in [6.45, 7) is 22.8. The summed E-state index contributed by atoms with van der Waals surface area (Å²) in [4.78, 5) is 11.3. The Kier molecular flexibility index (Phi) is 11.8. The van der Waals surface area contributed by atoms with E-state index in [0.29, 0.717) is 30.8 Å². The second-order valence-corrected chi connectivity index (χ2v) is 16.8. The molecule has 5 heteroatoms. The van der Waals surface area contributed by atoms with Crippen LogP contribution in [0.2, 0.25) is 18.1 Å². The van der Waals surface area contributed by atoms with E-state index in [4.69, 9.17) is 9.16 Å². The molecule has 0 amide bonds. The fourth-order valence-corrected chi connectivity index (χ4v) is 5.52. The molecule has 0 aliphatic heterocycles. The Bertz CT molecular complexity index is 696. The van der Waals surface area contributed by atoms with Crippen molar-refractivity contribution < 1.29 is 19.1 Å². The smallest absolute Gasteiger partial charge is 0.306 e. The highest BCUT2D eigenvalue weighted by Crippen LogP contribution is 2.40. The van der Waals surface area contributed by atoms with Crippen LogP contribution >= 0.6 is 0 Å². The lowest BCUT2D eigenvalue weighted by molar-refractivity contribution is -0.141. The van der Waals surface area contributed by atoms with E-state index in [2.05, 4.69) is 73.7 Å². The molecule has 0 aromatic heterocycles. The van der Waals surface area contributed by atoms with Crippen LogP contribution in [0.4, 0.5) is 0 Å². The van der Waals surface area contributed by atoms with Gasteiger partial charge in [0.1, 0.15) is 0 Å². The van der Waals surface area contributed by atoms with Crippen LogP contribution in [0.15, 0.2) is 30.3 Å². The van der Waals surface area contributed by atoms with Crippen molar-refractivity contribution in [1.82, 2.24) is 0 Å². The van der Waals surface area contributed by atoms with Gasteiger partial charge in [-0.1, -0.05) is 85.7 Å². The van der Waals surface area contributed by atoms with E-state index in [-0.39, 0.29) is 23.2 Å². The summed E-state index contributed by atoms with van der Waals surface area (Å²) in [6, 6.07) is 10.3. The van der Waals surface area contributed by atoms with Crippen molar-refractivity contribution >= 4 is 14.3 Å². The van der Waals surface area contributed by atoms with Crippen molar-refractivity contribution in [3.05, 3.63) is 35.9 Å². The highest BCUT2D eigenvalue weighted by Gasteiger charge is 2.41. The first kappa shape index (κ1) is 29.9. The van der Waals surface area contributed by atoms with Crippen molar-refractivity contribution in [3.63, 3.8) is 0 Å². The summed E-state index contributed by atoms with van der Waals surface area (Å²) in [5, 5.41) is 9.45. The number of rotatable bonds is 14. The minimum Gasteiger partial charge on any atom is -0.481 e. The van der Waals surface area contributed by atoms with Crippen molar-refractivity contribution in [2.45, 2.75) is 112 Å². The maximum atomic E-state index is 11.3. The quantitative estimate of drug-likeness (QED) is 0.277. The van der Waals surface area contributed by atoms with E-state index in [1.54, 1.807) is 6.92 Å². The molecule has 33 heavy (non-hydrogen) atoms. The van der Waals surface area contributed by atoms with Crippen molar-refractivity contribution in [1.29, 1.82) is 0 Å². The number of carboxylic acid groups (broad SMARTS) is 1. The van der Waals surface area contributed by atoms with E-state index in [1.807, 2.05) is 18.2 Å². The highest BCUT2D eigenvalue weighted by atomic mass is 28.4. The van der Waals surface area contributed by atoms with Crippen LogP contribution in [0.3, 0.4) is 0 Å². The predicted octanol–water partition coefficient (Wildman–Crippen LogP) is 7.78. The van der Waals surface area contributed by atoms with Gasteiger partial charge < -0.3 is 14.3 Å². The van der Waals surface area contributed by atoms with Crippen molar-refractivity contribution in [3.8, 4) is 0 Å². The molecule has 0 spiro atoms. The average Bonchev–Trinajstić information content (AvgIpc) is 2.69. The van der Waals surface area contributed by atoms with Crippen LogP contribution < -0.4 is 0 Å². The Morgan fingerprint density at radius 1 is 0.939 bits per heavy atom. The van der Waals surface area contributed by atoms with Gasteiger partial charge in [-0.2, -0.15) is 0 Å². The summed E-state index contributed by atoms with van der Waals surface area (Å²) < 4.78 is 13.4. The molecule has 1 rings (SSSR count). The molecule has 0 bridgehead atoms. The molecular formula is C28H50O4Si. The molecule has 0 unspecified atom stereocenters. The molecule has 5 atom stereocenters. The lowest BCUT2D eigenvalue weighted by atomic mass is 9.85. The topological polar surface area (TPSA) is 55.8 Å². The first-order chi connectivity index (χ1) is 15.1. The maximum absolute atomic E-state index is 11.3. The van der Waals surface area contributed by atoms with E-state index in [0.717, 1.165) is 12.8 Å². The van der Waals surface area contributed by atoms with Crippen molar-refractivity contribution in [2.75, 3.05) is 0 Å². The maximum Gasteiger partial charge on any atom is 0.306 e. The van der Waals surface area contributed by atoms with Gasteiger partial charge in [-0.25, -0.2) is 0 Å². The highest BCUT2D eigenvalue weighted by molar-refractivity contribution is 6.74. The van der Waals surface area contributed by atoms with Gasteiger partial charge in [0.25, 0.3) is 0 Å². The third-order valence-corrected chi connectivity index (χ3v) is 11.9. The van der Waals surface area contributed by atoms with Gasteiger partial charge in [0.15, 0.2) is 8.32 Å². The fourth-order valence-electron chi connectivity index (χ4n) is 4.08. The Hall–Kier alpha value is -1.17. The van der Waals surface area contributed by atoms with Gasteiger partial charge in [-0.05, 0) is 60.7 Å². The molecule has 1 aromatic rings. The van der Waals surface area contributed by atoms with Gasteiger partial charge >= 0.3 is 5.97 Å².